The van der Waals surface area contributed by atoms with Crippen LogP contribution >= 0.6 is 0 Å². The second kappa shape index (κ2) is 6.55. The van der Waals surface area contributed by atoms with Gasteiger partial charge in [0, 0.05) is 32.8 Å². The van der Waals surface area contributed by atoms with Gasteiger partial charge < -0.3 is 10.6 Å². The van der Waals surface area contributed by atoms with Gasteiger partial charge in [-0.15, -0.1) is 0 Å². The summed E-state index contributed by atoms with van der Waals surface area (Å²) in [4.78, 5) is 13.2. The molecule has 8 heteroatoms. The second-order valence-corrected chi connectivity index (χ2v) is 4.17. The molecule has 0 atom stereocenters. The lowest BCUT2D eigenvalue weighted by Crippen LogP contribution is -2.29. The van der Waals surface area contributed by atoms with E-state index in [1.54, 1.807) is 7.05 Å². The first kappa shape index (κ1) is 15.5. The number of nitrogens with two attached hydrogens (primary N) is 1. The molecule has 0 aliphatic rings. The molecule has 0 saturated carbocycles. The summed E-state index contributed by atoms with van der Waals surface area (Å²) in [5.41, 5.74) is 4.38. The van der Waals surface area contributed by atoms with Crippen molar-refractivity contribution in [2.75, 3.05) is 20.1 Å². The van der Waals surface area contributed by atoms with Gasteiger partial charge in [0.15, 0.2) is 5.69 Å². The van der Waals surface area contributed by atoms with Gasteiger partial charge in [-0.1, -0.05) is 0 Å². The van der Waals surface area contributed by atoms with Crippen LogP contribution in [0.2, 0.25) is 0 Å². The second-order valence-electron chi connectivity index (χ2n) is 4.17. The van der Waals surface area contributed by atoms with Gasteiger partial charge in [-0.25, -0.2) is 0 Å². The molecule has 2 N–H and O–H groups in total. The van der Waals surface area contributed by atoms with Crippen LogP contribution in [0.25, 0.3) is 0 Å². The Bertz CT molecular complexity index is 416. The van der Waals surface area contributed by atoms with Gasteiger partial charge in [-0.3, -0.25) is 9.48 Å². The lowest BCUT2D eigenvalue weighted by molar-refractivity contribution is -0.141. The monoisotopic (exact) mass is 278 g/mol. The quantitative estimate of drug-likeness (QED) is 0.847. The van der Waals surface area contributed by atoms with Gasteiger partial charge in [-0.2, -0.15) is 18.3 Å². The summed E-state index contributed by atoms with van der Waals surface area (Å²) in [6, 6.07) is 0.891. The molecule has 1 heterocycles. The van der Waals surface area contributed by atoms with E-state index in [-0.39, 0.29) is 18.9 Å². The van der Waals surface area contributed by atoms with E-state index in [2.05, 4.69) is 5.10 Å². The average molecular weight is 278 g/mol. The maximum Gasteiger partial charge on any atom is 0.435 e. The van der Waals surface area contributed by atoms with E-state index in [1.165, 1.54) is 11.1 Å². The SMILES string of the molecule is CN(CCCN)C(=O)CCn1ccc(C(F)(F)F)n1. The van der Waals surface area contributed by atoms with Crippen molar-refractivity contribution in [1.82, 2.24) is 14.7 Å². The minimum absolute atomic E-state index is 0.111. The number of hydrogen-bond donors (Lipinski definition) is 1. The Labute approximate surface area is 109 Å². The van der Waals surface area contributed by atoms with Crippen molar-refractivity contribution in [3.05, 3.63) is 18.0 Å². The van der Waals surface area contributed by atoms with Crippen LogP contribution in [0.3, 0.4) is 0 Å². The van der Waals surface area contributed by atoms with Crippen LogP contribution in [-0.4, -0.2) is 40.7 Å². The fourth-order valence-corrected chi connectivity index (χ4v) is 1.49. The Hall–Kier alpha value is -1.57. The maximum absolute atomic E-state index is 12.3. The van der Waals surface area contributed by atoms with E-state index in [4.69, 9.17) is 5.73 Å². The van der Waals surface area contributed by atoms with Gasteiger partial charge in [0.05, 0.1) is 0 Å². The molecule has 1 aromatic rings. The van der Waals surface area contributed by atoms with Crippen molar-refractivity contribution in [2.45, 2.75) is 25.6 Å². The summed E-state index contributed by atoms with van der Waals surface area (Å²) in [7, 11) is 1.64. The van der Waals surface area contributed by atoms with Crippen LogP contribution in [0, 0.1) is 0 Å². The fraction of sp³-hybridized carbons (Fsp3) is 0.636. The van der Waals surface area contributed by atoms with E-state index in [1.807, 2.05) is 0 Å². The normalized spacial score (nSPS) is 11.6. The molecule has 1 rings (SSSR count). The lowest BCUT2D eigenvalue weighted by atomic mass is 10.3. The number of nitrogens with zero attached hydrogens (tertiary/aromatic N) is 3. The third-order valence-corrected chi connectivity index (χ3v) is 2.61. The van der Waals surface area contributed by atoms with Crippen molar-refractivity contribution in [1.29, 1.82) is 0 Å². The lowest BCUT2D eigenvalue weighted by Gasteiger charge is -2.16. The standard InChI is InChI=1S/C11H17F3N4O/c1-17(6-2-5-15)10(19)4-8-18-7-3-9(16-18)11(12,13)14/h3,7H,2,4-6,8,15H2,1H3. The van der Waals surface area contributed by atoms with Crippen molar-refractivity contribution in [3.8, 4) is 0 Å². The van der Waals surface area contributed by atoms with Gasteiger partial charge in [-0.05, 0) is 19.0 Å². The number of carbonyl (C=O) groups excluding carboxylic acids is 1. The Balaban J connectivity index is 2.44. The van der Waals surface area contributed by atoms with Gasteiger partial charge in [0.1, 0.15) is 0 Å². The Morgan fingerprint density at radius 3 is 2.74 bits per heavy atom. The minimum atomic E-state index is -4.45. The van der Waals surface area contributed by atoms with Crippen LogP contribution < -0.4 is 5.73 Å². The van der Waals surface area contributed by atoms with Gasteiger partial charge in [0.25, 0.3) is 0 Å². The molecule has 0 saturated heterocycles. The van der Waals surface area contributed by atoms with Crippen LogP contribution in [0.1, 0.15) is 18.5 Å². The molecule has 108 valence electrons. The smallest absolute Gasteiger partial charge is 0.346 e. The molecule has 0 unspecified atom stereocenters. The average Bonchev–Trinajstić information content (AvgIpc) is 2.81. The molecule has 0 fully saturated rings. The predicted molar refractivity (Wildman–Crippen MR) is 63.2 cm³/mol. The van der Waals surface area contributed by atoms with Gasteiger partial charge in [0.2, 0.25) is 5.91 Å². The zero-order chi connectivity index (χ0) is 14.5. The van der Waals surface area contributed by atoms with Crippen molar-refractivity contribution in [2.24, 2.45) is 5.73 Å². The summed E-state index contributed by atoms with van der Waals surface area (Å²) in [6.07, 6.45) is -2.43. The third kappa shape index (κ3) is 4.90. The number of amides is 1. The molecule has 0 spiro atoms. The highest BCUT2D eigenvalue weighted by atomic mass is 19.4. The number of carbonyl (C=O) groups is 1. The maximum atomic E-state index is 12.3. The minimum Gasteiger partial charge on any atom is -0.346 e. The van der Waals surface area contributed by atoms with Crippen LogP contribution in [0.4, 0.5) is 13.2 Å². The number of rotatable bonds is 6. The molecule has 1 aromatic heterocycles. The predicted octanol–water partition coefficient (Wildman–Crippen LogP) is 1.10. The summed E-state index contributed by atoms with van der Waals surface area (Å²) >= 11 is 0. The van der Waals surface area contributed by atoms with Crippen molar-refractivity contribution < 1.29 is 18.0 Å². The van der Waals surface area contributed by atoms with Crippen molar-refractivity contribution in [3.63, 3.8) is 0 Å². The van der Waals surface area contributed by atoms with Gasteiger partial charge >= 0.3 is 6.18 Å². The largest absolute Gasteiger partial charge is 0.435 e. The molecule has 0 bridgehead atoms. The zero-order valence-electron chi connectivity index (χ0n) is 10.7. The zero-order valence-corrected chi connectivity index (χ0v) is 10.7. The molecule has 19 heavy (non-hydrogen) atoms. The van der Waals surface area contributed by atoms with Crippen LogP contribution in [0.5, 0.6) is 0 Å². The number of hydrogen-bond acceptors (Lipinski definition) is 3. The summed E-state index contributed by atoms with van der Waals surface area (Å²) in [5.74, 6) is -0.141. The number of halogens is 3. The first-order chi connectivity index (χ1) is 8.84. The number of aromatic nitrogens is 2. The molecule has 0 aliphatic carbocycles. The number of aryl methyl sites for hydroxylation is 1. The third-order valence-electron chi connectivity index (χ3n) is 2.61. The molecule has 0 aromatic carbocycles. The highest BCUT2D eigenvalue weighted by Crippen LogP contribution is 2.27. The summed E-state index contributed by atoms with van der Waals surface area (Å²) in [5, 5.41) is 3.38. The summed E-state index contributed by atoms with van der Waals surface area (Å²) in [6.45, 7) is 1.16. The highest BCUT2D eigenvalue weighted by molar-refractivity contribution is 5.75. The molecular formula is C11H17F3N4O. The van der Waals surface area contributed by atoms with E-state index >= 15 is 0 Å². The highest BCUT2D eigenvalue weighted by Gasteiger charge is 2.33. The Morgan fingerprint density at radius 1 is 1.53 bits per heavy atom. The molecular weight excluding hydrogens is 261 g/mol. The molecule has 0 radical (unpaired) electrons. The Kier molecular flexibility index (Phi) is 5.34. The number of alkyl halides is 3. The van der Waals surface area contributed by atoms with Crippen molar-refractivity contribution >= 4 is 5.91 Å². The van der Waals surface area contributed by atoms with E-state index in [0.717, 1.165) is 10.7 Å². The molecule has 5 nitrogen and oxygen atoms in total. The van der Waals surface area contributed by atoms with E-state index < -0.39 is 11.9 Å². The molecule has 1 amide bonds. The van der Waals surface area contributed by atoms with Crippen LogP contribution in [-0.2, 0) is 17.5 Å². The van der Waals surface area contributed by atoms with E-state index in [0.29, 0.717) is 19.5 Å². The Morgan fingerprint density at radius 2 is 2.21 bits per heavy atom. The first-order valence-corrected chi connectivity index (χ1v) is 5.89. The summed E-state index contributed by atoms with van der Waals surface area (Å²) < 4.78 is 38.0. The fourth-order valence-electron chi connectivity index (χ4n) is 1.49. The first-order valence-electron chi connectivity index (χ1n) is 5.89. The van der Waals surface area contributed by atoms with E-state index in [9.17, 15) is 18.0 Å². The molecule has 0 aliphatic heterocycles. The van der Waals surface area contributed by atoms with Crippen LogP contribution in [0.15, 0.2) is 12.3 Å². The topological polar surface area (TPSA) is 64.2 Å².